The van der Waals surface area contributed by atoms with Crippen LogP contribution in [0.3, 0.4) is 0 Å². The maximum absolute atomic E-state index is 13.2. The molecule has 2 heterocycles. The molecule has 1 N–H and O–H groups in total. The molecule has 1 aliphatic heterocycles. The van der Waals surface area contributed by atoms with Crippen LogP contribution >= 0.6 is 11.6 Å². The van der Waals surface area contributed by atoms with E-state index in [1.54, 1.807) is 37.3 Å². The normalized spacial score (nSPS) is 17.8. The molecule has 0 spiro atoms. The Labute approximate surface area is 190 Å². The molecule has 0 bridgehead atoms. The van der Waals surface area contributed by atoms with Crippen LogP contribution in [0.25, 0.3) is 5.76 Å². The molecule has 32 heavy (non-hydrogen) atoms. The summed E-state index contributed by atoms with van der Waals surface area (Å²) in [6.07, 6.45) is 0. The van der Waals surface area contributed by atoms with Crippen molar-refractivity contribution in [1.29, 1.82) is 0 Å². The Morgan fingerprint density at radius 1 is 1.03 bits per heavy atom. The first-order valence-corrected chi connectivity index (χ1v) is 10.4. The van der Waals surface area contributed by atoms with Crippen molar-refractivity contribution in [3.05, 3.63) is 87.3 Å². The summed E-state index contributed by atoms with van der Waals surface area (Å²) in [5, 5.41) is 11.6. The lowest BCUT2D eigenvalue weighted by molar-refractivity contribution is -0.132. The Bertz CT molecular complexity index is 1270. The number of aliphatic hydroxyl groups excluding tert-OH is 1. The van der Waals surface area contributed by atoms with Gasteiger partial charge in [-0.25, -0.2) is 0 Å². The van der Waals surface area contributed by atoms with Crippen LogP contribution in [0.15, 0.2) is 58.5 Å². The van der Waals surface area contributed by atoms with Crippen LogP contribution in [0.1, 0.15) is 34.3 Å². The van der Waals surface area contributed by atoms with Crippen molar-refractivity contribution in [1.82, 2.24) is 0 Å². The van der Waals surface area contributed by atoms with Crippen LogP contribution < -0.4 is 9.64 Å². The number of anilines is 1. The number of nitrogens with zero attached hydrogens (tertiary/aromatic N) is 1. The van der Waals surface area contributed by atoms with Crippen molar-refractivity contribution in [3.8, 4) is 5.75 Å². The number of furan rings is 1. The van der Waals surface area contributed by atoms with Crippen molar-refractivity contribution in [2.24, 2.45) is 0 Å². The zero-order chi connectivity index (χ0) is 23.2. The molecule has 1 fully saturated rings. The minimum atomic E-state index is -0.950. The van der Waals surface area contributed by atoms with Gasteiger partial charge in [-0.2, -0.15) is 0 Å². The Morgan fingerprint density at radius 2 is 1.78 bits per heavy atom. The molecule has 1 atom stereocenters. The van der Waals surface area contributed by atoms with Gasteiger partial charge in [0.2, 0.25) is 0 Å². The number of carbonyl (C=O) groups is 2. The Kier molecular flexibility index (Phi) is 5.57. The molecule has 6 nitrogen and oxygen atoms in total. The molecule has 0 saturated carbocycles. The average Bonchev–Trinajstić information content (AvgIpc) is 3.30. The van der Waals surface area contributed by atoms with Gasteiger partial charge in [0, 0.05) is 10.7 Å². The van der Waals surface area contributed by atoms with Gasteiger partial charge < -0.3 is 14.3 Å². The fourth-order valence-corrected chi connectivity index (χ4v) is 4.03. The van der Waals surface area contributed by atoms with Gasteiger partial charge >= 0.3 is 0 Å². The van der Waals surface area contributed by atoms with E-state index in [4.69, 9.17) is 20.8 Å². The first-order valence-electron chi connectivity index (χ1n) is 10.0. The lowest BCUT2D eigenvalue weighted by Crippen LogP contribution is -2.29. The highest BCUT2D eigenvalue weighted by Gasteiger charge is 2.48. The number of hydrogen-bond donors (Lipinski definition) is 1. The molecule has 4 rings (SSSR count). The molecule has 1 amide bonds. The highest BCUT2D eigenvalue weighted by molar-refractivity contribution is 6.51. The fraction of sp³-hybridized carbons (Fsp3) is 0.200. The molecule has 0 radical (unpaired) electrons. The van der Waals surface area contributed by atoms with E-state index >= 15 is 0 Å². The third-order valence-corrected chi connectivity index (χ3v) is 5.90. The van der Waals surface area contributed by atoms with E-state index in [1.165, 1.54) is 18.1 Å². The standard InChI is InChI=1S/C25H22ClNO5/c1-13-5-8-17(11-14(13)2)27-22(20-9-6-15(3)32-20)21(24(29)25(27)30)23(28)18-12-16(26)7-10-19(18)31-4/h5-12,22,28H,1-4H3/b23-21-. The summed E-state index contributed by atoms with van der Waals surface area (Å²) < 4.78 is 11.2. The third-order valence-electron chi connectivity index (χ3n) is 5.66. The number of benzene rings is 2. The summed E-state index contributed by atoms with van der Waals surface area (Å²) in [7, 11) is 1.45. The summed E-state index contributed by atoms with van der Waals surface area (Å²) in [6, 6.07) is 12.7. The summed E-state index contributed by atoms with van der Waals surface area (Å²) in [5.41, 5.74) is 2.68. The Hall–Kier alpha value is -3.51. The van der Waals surface area contributed by atoms with E-state index in [0.29, 0.717) is 28.0 Å². The molecule has 0 aliphatic carbocycles. The number of Topliss-reactive ketones (excluding diaryl/α,β-unsaturated/α-hetero) is 1. The smallest absolute Gasteiger partial charge is 0.300 e. The molecule has 1 aliphatic rings. The number of rotatable bonds is 4. The van der Waals surface area contributed by atoms with Gasteiger partial charge in [-0.1, -0.05) is 17.7 Å². The zero-order valence-corrected chi connectivity index (χ0v) is 18.9. The molecule has 164 valence electrons. The number of amides is 1. The quantitative estimate of drug-likeness (QED) is 0.322. The SMILES string of the molecule is COc1ccc(Cl)cc1/C(O)=C1/C(=O)C(=O)N(c2ccc(C)c(C)c2)C1c1ccc(C)o1. The maximum atomic E-state index is 13.2. The van der Waals surface area contributed by atoms with Crippen LogP contribution in [-0.4, -0.2) is 23.9 Å². The third kappa shape index (κ3) is 3.56. The van der Waals surface area contributed by atoms with Gasteiger partial charge in [-0.05, 0) is 74.4 Å². The largest absolute Gasteiger partial charge is 0.507 e. The lowest BCUT2D eigenvalue weighted by Gasteiger charge is -2.24. The molecule has 1 unspecified atom stereocenters. The van der Waals surface area contributed by atoms with E-state index in [0.717, 1.165) is 11.1 Å². The predicted octanol–water partition coefficient (Wildman–Crippen LogP) is 5.49. The number of methoxy groups -OCH3 is 1. The number of aliphatic hydroxyl groups is 1. The van der Waals surface area contributed by atoms with E-state index in [9.17, 15) is 14.7 Å². The van der Waals surface area contributed by atoms with Crippen LogP contribution in [0.2, 0.25) is 5.02 Å². The van der Waals surface area contributed by atoms with Gasteiger partial charge in [0.1, 0.15) is 29.1 Å². The Balaban J connectivity index is 1.98. The molecule has 1 aromatic heterocycles. The molecule has 7 heteroatoms. The predicted molar refractivity (Wildman–Crippen MR) is 122 cm³/mol. The summed E-state index contributed by atoms with van der Waals surface area (Å²) in [6.45, 7) is 5.66. The van der Waals surface area contributed by atoms with Crippen LogP contribution in [0.5, 0.6) is 5.75 Å². The Morgan fingerprint density at radius 3 is 2.41 bits per heavy atom. The molecular weight excluding hydrogens is 430 g/mol. The molecular formula is C25H22ClNO5. The lowest BCUT2D eigenvalue weighted by atomic mass is 9.98. The number of carbonyl (C=O) groups excluding carboxylic acids is 2. The fourth-order valence-electron chi connectivity index (χ4n) is 3.85. The average molecular weight is 452 g/mol. The molecule has 1 saturated heterocycles. The number of ether oxygens (including phenoxy) is 1. The zero-order valence-electron chi connectivity index (χ0n) is 18.1. The minimum Gasteiger partial charge on any atom is -0.507 e. The number of aryl methyl sites for hydroxylation is 3. The second kappa shape index (κ2) is 8.20. The van der Waals surface area contributed by atoms with E-state index in [2.05, 4.69) is 0 Å². The number of ketones is 1. The van der Waals surface area contributed by atoms with E-state index in [-0.39, 0.29) is 16.9 Å². The first kappa shape index (κ1) is 21.7. The van der Waals surface area contributed by atoms with Crippen molar-refractivity contribution < 1.29 is 23.8 Å². The van der Waals surface area contributed by atoms with Crippen molar-refractivity contribution in [2.75, 3.05) is 12.0 Å². The molecule has 3 aromatic rings. The van der Waals surface area contributed by atoms with Crippen molar-refractivity contribution in [2.45, 2.75) is 26.8 Å². The first-order chi connectivity index (χ1) is 15.2. The summed E-state index contributed by atoms with van der Waals surface area (Å²) >= 11 is 6.13. The monoisotopic (exact) mass is 451 g/mol. The van der Waals surface area contributed by atoms with Crippen LogP contribution in [0, 0.1) is 20.8 Å². The highest BCUT2D eigenvalue weighted by Crippen LogP contribution is 2.44. The second-order valence-corrected chi connectivity index (χ2v) is 8.17. The summed E-state index contributed by atoms with van der Waals surface area (Å²) in [5.74, 6) is -0.656. The van der Waals surface area contributed by atoms with Gasteiger partial charge in [-0.15, -0.1) is 0 Å². The van der Waals surface area contributed by atoms with Crippen molar-refractivity contribution in [3.63, 3.8) is 0 Å². The highest BCUT2D eigenvalue weighted by atomic mass is 35.5. The maximum Gasteiger partial charge on any atom is 0.300 e. The van der Waals surface area contributed by atoms with Gasteiger partial charge in [0.15, 0.2) is 0 Å². The van der Waals surface area contributed by atoms with Crippen molar-refractivity contribution >= 4 is 34.7 Å². The number of hydrogen-bond acceptors (Lipinski definition) is 5. The van der Waals surface area contributed by atoms with Gasteiger partial charge in [0.25, 0.3) is 11.7 Å². The summed E-state index contributed by atoms with van der Waals surface area (Å²) in [4.78, 5) is 27.8. The topological polar surface area (TPSA) is 80.0 Å². The second-order valence-electron chi connectivity index (χ2n) is 7.73. The molecule has 2 aromatic carbocycles. The minimum absolute atomic E-state index is 0.0943. The van der Waals surface area contributed by atoms with E-state index < -0.39 is 17.7 Å². The van der Waals surface area contributed by atoms with Crippen LogP contribution in [0.4, 0.5) is 5.69 Å². The van der Waals surface area contributed by atoms with Gasteiger partial charge in [0.05, 0.1) is 18.2 Å². The number of halogens is 1. The van der Waals surface area contributed by atoms with Crippen LogP contribution in [-0.2, 0) is 9.59 Å². The van der Waals surface area contributed by atoms with E-state index in [1.807, 2.05) is 26.0 Å². The van der Waals surface area contributed by atoms with Gasteiger partial charge in [-0.3, -0.25) is 14.5 Å².